The van der Waals surface area contributed by atoms with Crippen molar-refractivity contribution in [2.75, 3.05) is 0 Å². The predicted molar refractivity (Wildman–Crippen MR) is 115 cm³/mol. The maximum absolute atomic E-state index is 13.1. The topological polar surface area (TPSA) is 54.4 Å². The molecule has 0 aromatic rings. The minimum Gasteiger partial charge on any atom is -0.389 e. The molecule has 0 heterocycles. The highest BCUT2D eigenvalue weighted by molar-refractivity contribution is 5.84. The standard InChI is InChI=1S/C26H42O3/c1-17-10-11-22(28)16-26(17,29)18(2)14-20-8-7-12-24(4)23(20)15-21-9-5-6-13-25(21,24)19(3)27/h17-18,20-21,23,29H,5-16H2,1-4H3. The number of ketones is 2. The second-order valence-electron chi connectivity index (χ2n) is 11.7. The first-order valence-corrected chi connectivity index (χ1v) is 12.4. The van der Waals surface area contributed by atoms with Crippen molar-refractivity contribution in [3.63, 3.8) is 0 Å². The molecule has 0 saturated heterocycles. The summed E-state index contributed by atoms with van der Waals surface area (Å²) in [5.41, 5.74) is -0.807. The van der Waals surface area contributed by atoms with E-state index < -0.39 is 5.60 Å². The lowest BCUT2D eigenvalue weighted by Gasteiger charge is -2.54. The average Bonchev–Trinajstić information content (AvgIpc) is 2.96. The van der Waals surface area contributed by atoms with E-state index >= 15 is 0 Å². The van der Waals surface area contributed by atoms with Gasteiger partial charge in [-0.3, -0.25) is 9.59 Å². The van der Waals surface area contributed by atoms with Crippen molar-refractivity contribution in [2.24, 2.45) is 40.4 Å². The van der Waals surface area contributed by atoms with Crippen molar-refractivity contribution in [3.05, 3.63) is 0 Å². The number of hydrogen-bond acceptors (Lipinski definition) is 3. The van der Waals surface area contributed by atoms with Gasteiger partial charge in [-0.1, -0.05) is 46.5 Å². The molecule has 4 rings (SSSR count). The van der Waals surface area contributed by atoms with E-state index in [4.69, 9.17) is 0 Å². The Morgan fingerprint density at radius 1 is 1.17 bits per heavy atom. The van der Waals surface area contributed by atoms with E-state index in [9.17, 15) is 14.7 Å². The van der Waals surface area contributed by atoms with Crippen molar-refractivity contribution in [2.45, 2.75) is 110 Å². The fourth-order valence-electron chi connectivity index (χ4n) is 8.94. The fourth-order valence-corrected chi connectivity index (χ4v) is 8.94. The molecule has 0 aromatic carbocycles. The molecule has 0 amide bonds. The van der Waals surface area contributed by atoms with E-state index in [-0.39, 0.29) is 28.4 Å². The zero-order chi connectivity index (χ0) is 21.0. The van der Waals surface area contributed by atoms with Crippen LogP contribution in [0.4, 0.5) is 0 Å². The van der Waals surface area contributed by atoms with Gasteiger partial charge in [-0.2, -0.15) is 0 Å². The van der Waals surface area contributed by atoms with Gasteiger partial charge >= 0.3 is 0 Å². The molecular formula is C26H42O3. The molecule has 164 valence electrons. The molecule has 0 spiro atoms. The summed E-state index contributed by atoms with van der Waals surface area (Å²) in [6.07, 6.45) is 12.4. The van der Waals surface area contributed by atoms with Gasteiger partial charge in [0.25, 0.3) is 0 Å². The van der Waals surface area contributed by atoms with E-state index in [1.54, 1.807) is 0 Å². The summed E-state index contributed by atoms with van der Waals surface area (Å²) in [5, 5.41) is 11.5. The number of hydrogen-bond donors (Lipinski definition) is 1. The first-order chi connectivity index (χ1) is 13.6. The molecule has 29 heavy (non-hydrogen) atoms. The number of carbonyl (C=O) groups excluding carboxylic acids is 2. The van der Waals surface area contributed by atoms with Crippen molar-refractivity contribution < 1.29 is 14.7 Å². The van der Waals surface area contributed by atoms with E-state index in [1.165, 1.54) is 44.9 Å². The Bertz CT molecular complexity index is 671. The van der Waals surface area contributed by atoms with Crippen molar-refractivity contribution >= 4 is 11.6 Å². The molecule has 0 bridgehead atoms. The minimum atomic E-state index is -0.840. The van der Waals surface area contributed by atoms with Crippen LogP contribution in [-0.4, -0.2) is 22.3 Å². The second-order valence-corrected chi connectivity index (χ2v) is 11.7. The van der Waals surface area contributed by atoms with Crippen LogP contribution in [-0.2, 0) is 9.59 Å². The van der Waals surface area contributed by atoms with Crippen molar-refractivity contribution in [3.8, 4) is 0 Å². The number of fused-ring (bicyclic) bond motifs is 3. The van der Waals surface area contributed by atoms with Gasteiger partial charge in [0, 0.05) is 18.3 Å². The predicted octanol–water partition coefficient (Wildman–Crippen LogP) is 5.72. The van der Waals surface area contributed by atoms with Crippen LogP contribution >= 0.6 is 0 Å². The van der Waals surface area contributed by atoms with Gasteiger partial charge in [0.2, 0.25) is 0 Å². The summed E-state index contributed by atoms with van der Waals surface area (Å²) >= 11 is 0. The Balaban J connectivity index is 1.59. The van der Waals surface area contributed by atoms with Crippen molar-refractivity contribution in [1.82, 2.24) is 0 Å². The molecular weight excluding hydrogens is 360 g/mol. The lowest BCUT2D eigenvalue weighted by molar-refractivity contribution is -0.147. The third kappa shape index (κ3) is 3.08. The van der Waals surface area contributed by atoms with Crippen LogP contribution < -0.4 is 0 Å². The number of Topliss-reactive ketones (excluding diaryl/α,β-unsaturated/α-hetero) is 2. The summed E-state index contributed by atoms with van der Waals surface area (Å²) in [7, 11) is 0. The van der Waals surface area contributed by atoms with Gasteiger partial charge in [0.1, 0.15) is 11.6 Å². The smallest absolute Gasteiger partial charge is 0.136 e. The van der Waals surface area contributed by atoms with E-state index in [2.05, 4.69) is 20.8 Å². The van der Waals surface area contributed by atoms with Crippen LogP contribution in [0.1, 0.15) is 105 Å². The summed E-state index contributed by atoms with van der Waals surface area (Å²) in [4.78, 5) is 25.2. The molecule has 0 aromatic heterocycles. The summed E-state index contributed by atoms with van der Waals surface area (Å²) in [6.45, 7) is 8.63. The quantitative estimate of drug-likeness (QED) is 0.654. The Morgan fingerprint density at radius 3 is 2.66 bits per heavy atom. The maximum Gasteiger partial charge on any atom is 0.136 e. The largest absolute Gasteiger partial charge is 0.389 e. The Labute approximate surface area is 177 Å². The van der Waals surface area contributed by atoms with E-state index in [0.29, 0.717) is 36.4 Å². The molecule has 0 aliphatic heterocycles. The third-order valence-electron chi connectivity index (χ3n) is 10.6. The summed E-state index contributed by atoms with van der Waals surface area (Å²) in [6, 6.07) is 0. The second kappa shape index (κ2) is 7.46. The Kier molecular flexibility index (Phi) is 5.54. The van der Waals surface area contributed by atoms with E-state index in [1.807, 2.05) is 6.92 Å². The van der Waals surface area contributed by atoms with Crippen LogP contribution in [0.15, 0.2) is 0 Å². The van der Waals surface area contributed by atoms with Crippen LogP contribution in [0.25, 0.3) is 0 Å². The zero-order valence-electron chi connectivity index (χ0n) is 19.1. The first-order valence-electron chi connectivity index (χ1n) is 12.4. The molecule has 4 saturated carbocycles. The Morgan fingerprint density at radius 2 is 1.93 bits per heavy atom. The average molecular weight is 403 g/mol. The highest BCUT2D eigenvalue weighted by Crippen LogP contribution is 2.70. The SMILES string of the molecule is CC(=O)C12CCCCC1CC1C(CC(C)C3(O)CC(=O)CCC3C)CCCC12C. The monoisotopic (exact) mass is 402 g/mol. The molecule has 3 heteroatoms. The fraction of sp³-hybridized carbons (Fsp3) is 0.923. The molecule has 4 aliphatic rings. The summed E-state index contributed by atoms with van der Waals surface area (Å²) in [5.74, 6) is 2.77. The zero-order valence-corrected chi connectivity index (χ0v) is 19.1. The van der Waals surface area contributed by atoms with Gasteiger partial charge < -0.3 is 5.11 Å². The lowest BCUT2D eigenvalue weighted by Crippen LogP contribution is -2.52. The summed E-state index contributed by atoms with van der Waals surface area (Å²) < 4.78 is 0. The van der Waals surface area contributed by atoms with Gasteiger partial charge in [-0.25, -0.2) is 0 Å². The third-order valence-corrected chi connectivity index (χ3v) is 10.6. The number of rotatable bonds is 4. The van der Waals surface area contributed by atoms with E-state index in [0.717, 1.165) is 19.3 Å². The normalized spacial score (nSPS) is 48.7. The molecule has 1 N–H and O–H groups in total. The molecule has 4 aliphatic carbocycles. The van der Waals surface area contributed by atoms with Crippen LogP contribution in [0.5, 0.6) is 0 Å². The molecule has 4 fully saturated rings. The number of carbonyl (C=O) groups is 2. The molecule has 3 nitrogen and oxygen atoms in total. The Hall–Kier alpha value is -0.700. The van der Waals surface area contributed by atoms with Crippen LogP contribution in [0.2, 0.25) is 0 Å². The molecule has 8 unspecified atom stereocenters. The highest BCUT2D eigenvalue weighted by atomic mass is 16.3. The highest BCUT2D eigenvalue weighted by Gasteiger charge is 2.66. The maximum atomic E-state index is 13.1. The van der Waals surface area contributed by atoms with Crippen LogP contribution in [0.3, 0.4) is 0 Å². The van der Waals surface area contributed by atoms with Gasteiger partial charge in [0.05, 0.1) is 5.60 Å². The number of aliphatic hydroxyl groups is 1. The molecule has 8 atom stereocenters. The van der Waals surface area contributed by atoms with Crippen LogP contribution in [0, 0.1) is 40.4 Å². The molecule has 0 radical (unpaired) electrons. The van der Waals surface area contributed by atoms with Gasteiger partial charge in [0.15, 0.2) is 0 Å². The first kappa shape index (κ1) is 21.5. The minimum absolute atomic E-state index is 0.0944. The van der Waals surface area contributed by atoms with Gasteiger partial charge in [-0.05, 0) is 80.5 Å². The lowest BCUT2D eigenvalue weighted by atomic mass is 9.50. The van der Waals surface area contributed by atoms with Gasteiger partial charge in [-0.15, -0.1) is 0 Å². The van der Waals surface area contributed by atoms with Crippen molar-refractivity contribution in [1.29, 1.82) is 0 Å².